The van der Waals surface area contributed by atoms with Crippen LogP contribution in [0, 0.1) is 15.9 Å². The zero-order chi connectivity index (χ0) is 13.8. The van der Waals surface area contributed by atoms with Crippen molar-refractivity contribution in [2.24, 2.45) is 0 Å². The van der Waals surface area contributed by atoms with Crippen molar-refractivity contribution in [1.82, 2.24) is 10.2 Å². The molecule has 19 heavy (non-hydrogen) atoms. The predicted molar refractivity (Wildman–Crippen MR) is 67.3 cm³/mol. The van der Waals surface area contributed by atoms with Crippen LogP contribution in [0.2, 0.25) is 0 Å². The van der Waals surface area contributed by atoms with Crippen LogP contribution >= 0.6 is 0 Å². The molecule has 1 aromatic rings. The highest BCUT2D eigenvalue weighted by atomic mass is 19.1. The van der Waals surface area contributed by atoms with Crippen molar-refractivity contribution < 1.29 is 14.4 Å². The van der Waals surface area contributed by atoms with Gasteiger partial charge in [0.05, 0.1) is 23.1 Å². The molecule has 104 valence electrons. The maximum absolute atomic E-state index is 13.3. The maximum Gasteiger partial charge on any atom is 0.274 e. The number of hydrogen-bond acceptors (Lipinski definition) is 5. The summed E-state index contributed by atoms with van der Waals surface area (Å²) in [6.07, 6.45) is 0. The van der Waals surface area contributed by atoms with E-state index in [1.807, 2.05) is 4.90 Å². The molecule has 1 saturated heterocycles. The molecule has 0 aliphatic carbocycles. The third kappa shape index (κ3) is 3.06. The summed E-state index contributed by atoms with van der Waals surface area (Å²) in [5.74, 6) is -0.533. The smallest absolute Gasteiger partial charge is 0.274 e. The molecule has 1 aliphatic rings. The van der Waals surface area contributed by atoms with Crippen molar-refractivity contribution in [3.63, 3.8) is 0 Å². The van der Waals surface area contributed by atoms with Gasteiger partial charge in [-0.1, -0.05) is 0 Å². The Balaban J connectivity index is 2.35. The number of benzene rings is 1. The number of rotatable bonds is 4. The predicted octanol–water partition coefficient (Wildman–Crippen LogP) is 0.672. The second-order valence-corrected chi connectivity index (χ2v) is 4.44. The molecule has 2 rings (SSSR count). The Hall–Kier alpha value is -1.57. The number of nitrogens with one attached hydrogen (secondary N) is 1. The molecule has 1 aliphatic heterocycles. The normalized spacial score (nSPS) is 18.2. The molecule has 0 spiro atoms. The summed E-state index contributed by atoms with van der Waals surface area (Å²) < 4.78 is 13.3. The average Bonchev–Trinajstić information content (AvgIpc) is 2.40. The van der Waals surface area contributed by atoms with Gasteiger partial charge in [0.2, 0.25) is 0 Å². The van der Waals surface area contributed by atoms with Gasteiger partial charge in [-0.25, -0.2) is 4.39 Å². The van der Waals surface area contributed by atoms with Crippen LogP contribution in [0.15, 0.2) is 18.2 Å². The summed E-state index contributed by atoms with van der Waals surface area (Å²) in [7, 11) is 0. The van der Waals surface area contributed by atoms with Gasteiger partial charge < -0.3 is 10.4 Å². The zero-order valence-corrected chi connectivity index (χ0v) is 10.4. The maximum atomic E-state index is 13.3. The van der Waals surface area contributed by atoms with Crippen molar-refractivity contribution in [1.29, 1.82) is 0 Å². The van der Waals surface area contributed by atoms with Crippen LogP contribution in [-0.2, 0) is 0 Å². The number of nitrogens with zero attached hydrogens (tertiary/aromatic N) is 2. The number of aliphatic hydroxyl groups excluding tert-OH is 1. The van der Waals surface area contributed by atoms with Crippen LogP contribution in [0.3, 0.4) is 0 Å². The summed E-state index contributed by atoms with van der Waals surface area (Å²) in [5, 5.41) is 23.7. The van der Waals surface area contributed by atoms with Gasteiger partial charge in [-0.3, -0.25) is 15.0 Å². The lowest BCUT2D eigenvalue weighted by Crippen LogP contribution is -2.46. The third-order valence-corrected chi connectivity index (χ3v) is 3.31. The summed E-state index contributed by atoms with van der Waals surface area (Å²) in [6.45, 7) is 2.56. The van der Waals surface area contributed by atoms with Crippen molar-refractivity contribution >= 4 is 5.69 Å². The molecule has 0 amide bonds. The summed E-state index contributed by atoms with van der Waals surface area (Å²) in [5.41, 5.74) is 0.0772. The van der Waals surface area contributed by atoms with E-state index in [1.165, 1.54) is 0 Å². The van der Waals surface area contributed by atoms with Crippen molar-refractivity contribution in [3.8, 4) is 0 Å². The van der Waals surface area contributed by atoms with Crippen LogP contribution in [0.5, 0.6) is 0 Å². The molecule has 1 fully saturated rings. The van der Waals surface area contributed by atoms with E-state index >= 15 is 0 Å². The van der Waals surface area contributed by atoms with Gasteiger partial charge in [-0.05, 0) is 12.1 Å². The molecule has 0 bridgehead atoms. The van der Waals surface area contributed by atoms with Crippen molar-refractivity contribution in [2.75, 3.05) is 32.8 Å². The third-order valence-electron chi connectivity index (χ3n) is 3.31. The molecule has 1 atom stereocenters. The second kappa shape index (κ2) is 6.05. The zero-order valence-electron chi connectivity index (χ0n) is 10.4. The van der Waals surface area contributed by atoms with Crippen LogP contribution in [0.1, 0.15) is 11.6 Å². The Kier molecular flexibility index (Phi) is 4.41. The van der Waals surface area contributed by atoms with Crippen LogP contribution in [-0.4, -0.2) is 47.7 Å². The SMILES string of the molecule is O=[N+]([O-])c1ccc(F)cc1[C@H](CO)N1CCNCC1. The van der Waals surface area contributed by atoms with Gasteiger partial charge in [0.15, 0.2) is 0 Å². The van der Waals surface area contributed by atoms with Crippen LogP contribution < -0.4 is 5.32 Å². The van der Waals surface area contributed by atoms with Gasteiger partial charge in [-0.15, -0.1) is 0 Å². The standard InChI is InChI=1S/C12H16FN3O3/c13-9-1-2-11(16(18)19)10(7-9)12(8-17)15-5-3-14-4-6-15/h1-2,7,12,14,17H,3-6,8H2/t12-/m0/s1. The molecule has 2 N–H and O–H groups in total. The van der Waals surface area contributed by atoms with Gasteiger partial charge >= 0.3 is 0 Å². The minimum absolute atomic E-state index is 0.154. The lowest BCUT2D eigenvalue weighted by Gasteiger charge is -2.33. The first kappa shape index (κ1) is 13.9. The number of aliphatic hydroxyl groups is 1. The van der Waals surface area contributed by atoms with Gasteiger partial charge in [0, 0.05) is 32.2 Å². The van der Waals surface area contributed by atoms with E-state index in [1.54, 1.807) is 0 Å². The summed E-state index contributed by atoms with van der Waals surface area (Å²) >= 11 is 0. The fraction of sp³-hybridized carbons (Fsp3) is 0.500. The number of piperazine rings is 1. The van der Waals surface area contributed by atoms with E-state index in [0.29, 0.717) is 13.1 Å². The van der Waals surface area contributed by atoms with E-state index in [0.717, 1.165) is 31.3 Å². The fourth-order valence-electron chi connectivity index (χ4n) is 2.36. The fourth-order valence-corrected chi connectivity index (χ4v) is 2.36. The Labute approximate surface area is 110 Å². The van der Waals surface area contributed by atoms with Gasteiger partial charge in [0.1, 0.15) is 5.82 Å². The monoisotopic (exact) mass is 269 g/mol. The first-order chi connectivity index (χ1) is 9.13. The summed E-state index contributed by atoms with van der Waals surface area (Å²) in [4.78, 5) is 12.4. The van der Waals surface area contributed by atoms with Gasteiger partial charge in [0.25, 0.3) is 5.69 Å². The molecule has 6 nitrogen and oxygen atoms in total. The van der Waals surface area contributed by atoms with E-state index in [2.05, 4.69) is 5.32 Å². The topological polar surface area (TPSA) is 78.6 Å². The minimum Gasteiger partial charge on any atom is -0.394 e. The quantitative estimate of drug-likeness (QED) is 0.620. The highest BCUT2D eigenvalue weighted by Crippen LogP contribution is 2.30. The Morgan fingerprint density at radius 2 is 2.16 bits per heavy atom. The van der Waals surface area contributed by atoms with Gasteiger partial charge in [-0.2, -0.15) is 0 Å². The van der Waals surface area contributed by atoms with Crippen LogP contribution in [0.4, 0.5) is 10.1 Å². The largest absolute Gasteiger partial charge is 0.394 e. The number of halogens is 1. The molecule has 0 aromatic heterocycles. The van der Waals surface area contributed by atoms with Crippen molar-refractivity contribution in [3.05, 3.63) is 39.7 Å². The Morgan fingerprint density at radius 1 is 1.47 bits per heavy atom. The molecular formula is C12H16FN3O3. The Morgan fingerprint density at radius 3 is 2.74 bits per heavy atom. The molecular weight excluding hydrogens is 253 g/mol. The van der Waals surface area contributed by atoms with Crippen molar-refractivity contribution in [2.45, 2.75) is 6.04 Å². The Bertz CT molecular complexity index is 464. The highest BCUT2D eigenvalue weighted by molar-refractivity contribution is 5.42. The number of nitro groups is 1. The molecule has 0 radical (unpaired) electrons. The van der Waals surface area contributed by atoms with E-state index in [9.17, 15) is 19.6 Å². The van der Waals surface area contributed by atoms with E-state index in [4.69, 9.17) is 0 Å². The lowest BCUT2D eigenvalue weighted by atomic mass is 10.0. The average molecular weight is 269 g/mol. The first-order valence-electron chi connectivity index (χ1n) is 6.13. The minimum atomic E-state index is -0.543. The molecule has 7 heteroatoms. The molecule has 0 saturated carbocycles. The summed E-state index contributed by atoms with van der Waals surface area (Å²) in [6, 6.07) is 2.81. The number of nitro benzene ring substituents is 1. The van der Waals surface area contributed by atoms with E-state index < -0.39 is 16.8 Å². The van der Waals surface area contributed by atoms with Crippen LogP contribution in [0.25, 0.3) is 0 Å². The number of hydrogen-bond donors (Lipinski definition) is 2. The highest BCUT2D eigenvalue weighted by Gasteiger charge is 2.28. The molecule has 0 unspecified atom stereocenters. The lowest BCUT2D eigenvalue weighted by molar-refractivity contribution is -0.386. The second-order valence-electron chi connectivity index (χ2n) is 4.44. The van der Waals surface area contributed by atoms with E-state index in [-0.39, 0.29) is 17.9 Å². The first-order valence-corrected chi connectivity index (χ1v) is 6.13. The molecule has 1 aromatic carbocycles. The molecule has 1 heterocycles.